The van der Waals surface area contributed by atoms with E-state index in [0.717, 1.165) is 15.9 Å². The number of hydrogen-bond acceptors (Lipinski definition) is 2. The van der Waals surface area contributed by atoms with E-state index in [1.54, 1.807) is 0 Å². The SMILES string of the molecule is O=C(O)CCSc1cc2ccccc2[nH]1. The molecule has 1 aromatic heterocycles. The summed E-state index contributed by atoms with van der Waals surface area (Å²) in [7, 11) is 0. The molecule has 0 aliphatic rings. The van der Waals surface area contributed by atoms with Crippen LogP contribution in [0.15, 0.2) is 35.4 Å². The van der Waals surface area contributed by atoms with Gasteiger partial charge in [-0.15, -0.1) is 11.8 Å². The monoisotopic (exact) mass is 221 g/mol. The molecule has 0 unspecified atom stereocenters. The van der Waals surface area contributed by atoms with Crippen molar-refractivity contribution in [2.24, 2.45) is 0 Å². The van der Waals surface area contributed by atoms with Gasteiger partial charge in [0.05, 0.1) is 11.4 Å². The number of fused-ring (bicyclic) bond motifs is 1. The maximum atomic E-state index is 10.3. The number of aromatic nitrogens is 1. The van der Waals surface area contributed by atoms with Gasteiger partial charge in [-0.1, -0.05) is 18.2 Å². The van der Waals surface area contributed by atoms with Gasteiger partial charge in [-0.05, 0) is 12.1 Å². The number of aliphatic carboxylic acids is 1. The van der Waals surface area contributed by atoms with Crippen LogP contribution < -0.4 is 0 Å². The third kappa shape index (κ3) is 2.53. The third-order valence-electron chi connectivity index (χ3n) is 2.08. The van der Waals surface area contributed by atoms with Crippen molar-refractivity contribution in [3.8, 4) is 0 Å². The first-order chi connectivity index (χ1) is 7.25. The predicted octanol–water partition coefficient (Wildman–Crippen LogP) is 2.73. The van der Waals surface area contributed by atoms with Crippen LogP contribution in [-0.2, 0) is 4.79 Å². The standard InChI is InChI=1S/C11H11NO2S/c13-11(14)5-6-15-10-7-8-3-1-2-4-9(8)12-10/h1-4,7,12H,5-6H2,(H,13,14). The second-order valence-electron chi connectivity index (χ2n) is 3.21. The first-order valence-electron chi connectivity index (χ1n) is 4.68. The summed E-state index contributed by atoms with van der Waals surface area (Å²) in [6.07, 6.45) is 0.194. The van der Waals surface area contributed by atoms with Crippen LogP contribution in [0.3, 0.4) is 0 Å². The van der Waals surface area contributed by atoms with E-state index in [0.29, 0.717) is 5.75 Å². The fourth-order valence-corrected chi connectivity index (χ4v) is 2.26. The number of nitrogens with one attached hydrogen (secondary N) is 1. The quantitative estimate of drug-likeness (QED) is 0.780. The molecule has 0 amide bonds. The maximum Gasteiger partial charge on any atom is 0.304 e. The minimum atomic E-state index is -0.751. The van der Waals surface area contributed by atoms with E-state index < -0.39 is 5.97 Å². The van der Waals surface area contributed by atoms with E-state index >= 15 is 0 Å². The molecule has 0 saturated carbocycles. The smallest absolute Gasteiger partial charge is 0.304 e. The molecule has 0 spiro atoms. The maximum absolute atomic E-state index is 10.3. The summed E-state index contributed by atoms with van der Waals surface area (Å²) in [6.45, 7) is 0. The first kappa shape index (κ1) is 10.1. The van der Waals surface area contributed by atoms with Gasteiger partial charge in [-0.25, -0.2) is 0 Å². The Kier molecular flexibility index (Phi) is 2.97. The van der Waals surface area contributed by atoms with Crippen molar-refractivity contribution in [2.45, 2.75) is 11.4 Å². The van der Waals surface area contributed by atoms with E-state index in [9.17, 15) is 4.79 Å². The minimum absolute atomic E-state index is 0.194. The normalized spacial score (nSPS) is 10.7. The number of H-pyrrole nitrogens is 1. The van der Waals surface area contributed by atoms with Crippen molar-refractivity contribution in [1.82, 2.24) is 4.98 Å². The molecule has 0 radical (unpaired) electrons. The highest BCUT2D eigenvalue weighted by atomic mass is 32.2. The molecule has 2 N–H and O–H groups in total. The lowest BCUT2D eigenvalue weighted by molar-refractivity contribution is -0.136. The Morgan fingerprint density at radius 2 is 2.20 bits per heavy atom. The van der Waals surface area contributed by atoms with E-state index in [2.05, 4.69) is 4.98 Å². The summed E-state index contributed by atoms with van der Waals surface area (Å²) in [4.78, 5) is 13.6. The van der Waals surface area contributed by atoms with E-state index in [-0.39, 0.29) is 6.42 Å². The fraction of sp³-hybridized carbons (Fsp3) is 0.182. The molecule has 1 aromatic carbocycles. The van der Waals surface area contributed by atoms with Crippen LogP contribution in [0.2, 0.25) is 0 Å². The number of carbonyl (C=O) groups is 1. The topological polar surface area (TPSA) is 53.1 Å². The minimum Gasteiger partial charge on any atom is -0.481 e. The second-order valence-corrected chi connectivity index (χ2v) is 4.35. The van der Waals surface area contributed by atoms with Gasteiger partial charge in [0.15, 0.2) is 0 Å². The van der Waals surface area contributed by atoms with Crippen LogP contribution in [-0.4, -0.2) is 21.8 Å². The van der Waals surface area contributed by atoms with Crippen LogP contribution in [0.25, 0.3) is 10.9 Å². The summed E-state index contributed by atoms with van der Waals surface area (Å²) < 4.78 is 0. The van der Waals surface area contributed by atoms with Crippen molar-refractivity contribution in [3.63, 3.8) is 0 Å². The zero-order valence-electron chi connectivity index (χ0n) is 8.06. The number of carboxylic acid groups (broad SMARTS) is 1. The molecular weight excluding hydrogens is 210 g/mol. The van der Waals surface area contributed by atoms with Gasteiger partial charge < -0.3 is 10.1 Å². The summed E-state index contributed by atoms with van der Waals surface area (Å²) in [6, 6.07) is 10.1. The Morgan fingerprint density at radius 3 is 2.93 bits per heavy atom. The van der Waals surface area contributed by atoms with E-state index in [4.69, 9.17) is 5.11 Å². The highest BCUT2D eigenvalue weighted by Gasteiger charge is 2.02. The van der Waals surface area contributed by atoms with Gasteiger partial charge in [0, 0.05) is 16.7 Å². The highest BCUT2D eigenvalue weighted by Crippen LogP contribution is 2.23. The molecule has 0 bridgehead atoms. The third-order valence-corrected chi connectivity index (χ3v) is 3.02. The summed E-state index contributed by atoms with van der Waals surface area (Å²) in [5, 5.41) is 10.7. The first-order valence-corrected chi connectivity index (χ1v) is 5.66. The van der Waals surface area contributed by atoms with Crippen LogP contribution in [0.5, 0.6) is 0 Å². The van der Waals surface area contributed by atoms with Gasteiger partial charge in [0.25, 0.3) is 0 Å². The average Bonchev–Trinajstić information content (AvgIpc) is 2.59. The molecule has 15 heavy (non-hydrogen) atoms. The number of benzene rings is 1. The van der Waals surface area contributed by atoms with Crippen molar-refractivity contribution in [3.05, 3.63) is 30.3 Å². The summed E-state index contributed by atoms with van der Waals surface area (Å²) in [5.74, 6) is -0.152. The summed E-state index contributed by atoms with van der Waals surface area (Å²) in [5.41, 5.74) is 1.09. The van der Waals surface area contributed by atoms with Gasteiger partial charge in [0.1, 0.15) is 0 Å². The molecule has 78 valence electrons. The van der Waals surface area contributed by atoms with Crippen molar-refractivity contribution < 1.29 is 9.90 Å². The average molecular weight is 221 g/mol. The van der Waals surface area contributed by atoms with E-state index in [1.165, 1.54) is 11.8 Å². The zero-order valence-corrected chi connectivity index (χ0v) is 8.88. The molecule has 0 aliphatic carbocycles. The fourth-order valence-electron chi connectivity index (χ4n) is 1.37. The van der Waals surface area contributed by atoms with Gasteiger partial charge >= 0.3 is 5.97 Å². The molecule has 1 heterocycles. The number of aromatic amines is 1. The molecule has 2 aromatic rings. The van der Waals surface area contributed by atoms with Crippen molar-refractivity contribution >= 4 is 28.6 Å². The molecule has 0 aliphatic heterocycles. The van der Waals surface area contributed by atoms with E-state index in [1.807, 2.05) is 30.3 Å². The Labute approximate surface area is 91.5 Å². The van der Waals surface area contributed by atoms with Crippen LogP contribution in [0.1, 0.15) is 6.42 Å². The highest BCUT2D eigenvalue weighted by molar-refractivity contribution is 7.99. The lowest BCUT2D eigenvalue weighted by Crippen LogP contribution is -1.95. The largest absolute Gasteiger partial charge is 0.481 e. The van der Waals surface area contributed by atoms with Crippen molar-refractivity contribution in [1.29, 1.82) is 0 Å². The number of thioether (sulfide) groups is 1. The summed E-state index contributed by atoms with van der Waals surface area (Å²) >= 11 is 1.54. The van der Waals surface area contributed by atoms with Crippen LogP contribution in [0, 0.1) is 0 Å². The second kappa shape index (κ2) is 4.40. The molecule has 0 fully saturated rings. The Hall–Kier alpha value is -1.42. The molecule has 0 atom stereocenters. The van der Waals surface area contributed by atoms with Gasteiger partial charge in [-0.3, -0.25) is 4.79 Å². The Balaban J connectivity index is 2.05. The number of rotatable bonds is 4. The number of para-hydroxylation sites is 1. The van der Waals surface area contributed by atoms with Crippen molar-refractivity contribution in [2.75, 3.05) is 5.75 Å². The molecule has 2 rings (SSSR count). The van der Waals surface area contributed by atoms with Gasteiger partial charge in [0.2, 0.25) is 0 Å². The predicted molar refractivity (Wildman–Crippen MR) is 61.3 cm³/mol. The molecular formula is C11H11NO2S. The zero-order chi connectivity index (χ0) is 10.7. The van der Waals surface area contributed by atoms with Gasteiger partial charge in [-0.2, -0.15) is 0 Å². The Bertz CT molecular complexity index is 445. The molecule has 0 saturated heterocycles. The molecule has 4 heteroatoms. The van der Waals surface area contributed by atoms with Crippen LogP contribution >= 0.6 is 11.8 Å². The number of carboxylic acids is 1. The lowest BCUT2D eigenvalue weighted by Gasteiger charge is -1.93. The van der Waals surface area contributed by atoms with Crippen LogP contribution in [0.4, 0.5) is 0 Å². The Morgan fingerprint density at radius 1 is 1.40 bits per heavy atom. The molecule has 3 nitrogen and oxygen atoms in total. The lowest BCUT2D eigenvalue weighted by atomic mass is 10.3. The number of hydrogen-bond donors (Lipinski definition) is 2.